The van der Waals surface area contributed by atoms with Crippen molar-refractivity contribution < 1.29 is 17.9 Å². The maximum absolute atomic E-state index is 13.5. The number of sulfonamides is 1. The zero-order chi connectivity index (χ0) is 22.7. The minimum absolute atomic E-state index is 0.111. The minimum atomic E-state index is -3.89. The highest BCUT2D eigenvalue weighted by Gasteiger charge is 2.38. The Labute approximate surface area is 187 Å². The zero-order valence-electron chi connectivity index (χ0n) is 18.2. The van der Waals surface area contributed by atoms with Crippen LogP contribution in [0.4, 0.5) is 5.69 Å². The molecule has 0 aliphatic carbocycles. The van der Waals surface area contributed by atoms with Gasteiger partial charge in [0, 0.05) is 19.3 Å². The van der Waals surface area contributed by atoms with Gasteiger partial charge in [0.2, 0.25) is 15.9 Å². The van der Waals surface area contributed by atoms with Crippen molar-refractivity contribution in [3.8, 4) is 0 Å². The smallest absolute Gasteiger partial charge is 0.243 e. The molecule has 1 amide bonds. The molecular formula is C22H27N5O4S. The van der Waals surface area contributed by atoms with Crippen molar-refractivity contribution in [1.29, 1.82) is 0 Å². The summed E-state index contributed by atoms with van der Waals surface area (Å²) in [7, 11) is -2.28. The van der Waals surface area contributed by atoms with Gasteiger partial charge in [-0.15, -0.1) is 5.10 Å². The van der Waals surface area contributed by atoms with E-state index in [2.05, 4.69) is 15.6 Å². The lowest BCUT2D eigenvalue weighted by atomic mass is 10.0. The van der Waals surface area contributed by atoms with Gasteiger partial charge in [0.1, 0.15) is 11.6 Å². The van der Waals surface area contributed by atoms with Crippen molar-refractivity contribution >= 4 is 32.7 Å². The van der Waals surface area contributed by atoms with Crippen LogP contribution in [-0.2, 0) is 26.1 Å². The predicted molar refractivity (Wildman–Crippen MR) is 121 cm³/mol. The molecule has 9 nitrogen and oxygen atoms in total. The maximum Gasteiger partial charge on any atom is 0.243 e. The predicted octanol–water partition coefficient (Wildman–Crippen LogP) is 2.57. The van der Waals surface area contributed by atoms with Gasteiger partial charge in [-0.1, -0.05) is 29.8 Å². The van der Waals surface area contributed by atoms with Crippen LogP contribution in [0, 0.1) is 6.92 Å². The number of ether oxygens (including phenoxy) is 1. The van der Waals surface area contributed by atoms with E-state index in [1.807, 2.05) is 31.2 Å². The molecule has 0 saturated carbocycles. The number of nitrogens with zero attached hydrogens (tertiary/aromatic N) is 4. The number of carbonyl (C=O) groups is 1. The molecule has 0 spiro atoms. The molecule has 10 heteroatoms. The lowest BCUT2D eigenvalue weighted by Gasteiger charge is -2.33. The first-order valence-corrected chi connectivity index (χ1v) is 12.1. The average molecular weight is 458 g/mol. The lowest BCUT2D eigenvalue weighted by Crippen LogP contribution is -2.49. The number of hydrogen-bond donors (Lipinski definition) is 1. The molecule has 1 atom stereocenters. The van der Waals surface area contributed by atoms with E-state index in [0.29, 0.717) is 43.7 Å². The molecule has 3 aromatic rings. The Kier molecular flexibility index (Phi) is 6.54. The summed E-state index contributed by atoms with van der Waals surface area (Å²) in [6.45, 7) is 3.20. The van der Waals surface area contributed by atoms with E-state index < -0.39 is 16.1 Å². The van der Waals surface area contributed by atoms with E-state index in [0.717, 1.165) is 17.5 Å². The van der Waals surface area contributed by atoms with Gasteiger partial charge in [0.05, 0.1) is 23.6 Å². The van der Waals surface area contributed by atoms with Crippen LogP contribution in [0.5, 0.6) is 0 Å². The van der Waals surface area contributed by atoms with Gasteiger partial charge >= 0.3 is 0 Å². The van der Waals surface area contributed by atoms with Crippen LogP contribution in [0.1, 0.15) is 24.8 Å². The molecule has 1 aromatic heterocycles. The van der Waals surface area contributed by atoms with Crippen molar-refractivity contribution in [1.82, 2.24) is 19.3 Å². The second-order valence-electron chi connectivity index (χ2n) is 7.89. The summed E-state index contributed by atoms with van der Waals surface area (Å²) >= 11 is 0. The molecule has 1 aliphatic rings. The number of aromatic nitrogens is 3. The van der Waals surface area contributed by atoms with Gasteiger partial charge in [0.15, 0.2) is 0 Å². The molecule has 2 heterocycles. The molecule has 0 bridgehead atoms. The quantitative estimate of drug-likeness (QED) is 0.584. The standard InChI is InChI=1S/C22H27N5O4S/c1-16-7-3-4-8-18(16)23-22(28)21-9-5-6-12-27(21)32(29,30)17-10-11-20-19(15-17)24-25-26(20)13-14-31-2/h3-4,7-8,10-11,15,21H,5-6,9,12-14H2,1-2H3,(H,23,28). The first-order valence-electron chi connectivity index (χ1n) is 10.6. The summed E-state index contributed by atoms with van der Waals surface area (Å²) in [6, 6.07) is 11.5. The van der Waals surface area contributed by atoms with Gasteiger partial charge in [-0.3, -0.25) is 4.79 Å². The molecule has 2 aromatic carbocycles. The third kappa shape index (κ3) is 4.38. The largest absolute Gasteiger partial charge is 0.383 e. The molecule has 1 saturated heterocycles. The van der Waals surface area contributed by atoms with Crippen molar-refractivity contribution in [2.75, 3.05) is 25.6 Å². The Morgan fingerprint density at radius 3 is 2.81 bits per heavy atom. The molecule has 1 aliphatic heterocycles. The Hall–Kier alpha value is -2.82. The number of carbonyl (C=O) groups excluding carboxylic acids is 1. The molecule has 1 N–H and O–H groups in total. The number of amides is 1. The van der Waals surface area contributed by atoms with Crippen LogP contribution in [0.3, 0.4) is 0 Å². The lowest BCUT2D eigenvalue weighted by molar-refractivity contribution is -0.120. The third-order valence-corrected chi connectivity index (χ3v) is 7.66. The number of para-hydroxylation sites is 1. The topological polar surface area (TPSA) is 106 Å². The van der Waals surface area contributed by atoms with Crippen LogP contribution in [0.25, 0.3) is 11.0 Å². The fourth-order valence-corrected chi connectivity index (χ4v) is 5.65. The van der Waals surface area contributed by atoms with Crippen LogP contribution < -0.4 is 5.32 Å². The second kappa shape index (κ2) is 9.35. The first-order chi connectivity index (χ1) is 15.4. The number of fused-ring (bicyclic) bond motifs is 1. The number of anilines is 1. The molecule has 4 rings (SSSR count). The van der Waals surface area contributed by atoms with Gasteiger partial charge < -0.3 is 10.1 Å². The molecule has 170 valence electrons. The van der Waals surface area contributed by atoms with Gasteiger partial charge in [0.25, 0.3) is 0 Å². The number of methoxy groups -OCH3 is 1. The van der Waals surface area contributed by atoms with Crippen LogP contribution in [0.2, 0.25) is 0 Å². The minimum Gasteiger partial charge on any atom is -0.383 e. The highest BCUT2D eigenvalue weighted by Crippen LogP contribution is 2.28. The summed E-state index contributed by atoms with van der Waals surface area (Å²) in [5.74, 6) is -0.311. The summed E-state index contributed by atoms with van der Waals surface area (Å²) < 4.78 is 35.1. The number of piperidine rings is 1. The number of benzene rings is 2. The second-order valence-corrected chi connectivity index (χ2v) is 9.78. The third-order valence-electron chi connectivity index (χ3n) is 5.76. The highest BCUT2D eigenvalue weighted by atomic mass is 32.2. The zero-order valence-corrected chi connectivity index (χ0v) is 19.0. The molecule has 32 heavy (non-hydrogen) atoms. The monoisotopic (exact) mass is 457 g/mol. The van der Waals surface area contributed by atoms with Crippen molar-refractivity contribution in [2.45, 2.75) is 43.7 Å². The SMILES string of the molecule is COCCn1nnc2cc(S(=O)(=O)N3CCCCC3C(=O)Nc3ccccc3C)ccc21. The number of rotatable bonds is 7. The van der Waals surface area contributed by atoms with E-state index in [4.69, 9.17) is 4.74 Å². The number of hydrogen-bond acceptors (Lipinski definition) is 6. The number of aryl methyl sites for hydroxylation is 1. The Bertz CT molecular complexity index is 1220. The van der Waals surface area contributed by atoms with Crippen LogP contribution in [0.15, 0.2) is 47.4 Å². The molecule has 1 unspecified atom stereocenters. The first kappa shape index (κ1) is 22.4. The Morgan fingerprint density at radius 2 is 2.03 bits per heavy atom. The van der Waals surface area contributed by atoms with Crippen LogP contribution in [-0.4, -0.2) is 59.9 Å². The fourth-order valence-electron chi connectivity index (χ4n) is 3.97. The summed E-state index contributed by atoms with van der Waals surface area (Å²) in [6.07, 6.45) is 1.99. The van der Waals surface area contributed by atoms with Gasteiger partial charge in [-0.25, -0.2) is 13.1 Å². The highest BCUT2D eigenvalue weighted by molar-refractivity contribution is 7.89. The Morgan fingerprint density at radius 1 is 1.22 bits per heavy atom. The molecule has 1 fully saturated rings. The van der Waals surface area contributed by atoms with Gasteiger partial charge in [-0.2, -0.15) is 4.31 Å². The molecular weight excluding hydrogens is 430 g/mol. The van der Waals surface area contributed by atoms with E-state index in [9.17, 15) is 13.2 Å². The summed E-state index contributed by atoms with van der Waals surface area (Å²) in [5.41, 5.74) is 2.83. The fraction of sp³-hybridized carbons (Fsp3) is 0.409. The van der Waals surface area contributed by atoms with E-state index >= 15 is 0 Å². The van der Waals surface area contributed by atoms with E-state index in [-0.39, 0.29) is 10.8 Å². The van der Waals surface area contributed by atoms with E-state index in [1.165, 1.54) is 10.4 Å². The summed E-state index contributed by atoms with van der Waals surface area (Å²) in [4.78, 5) is 13.2. The molecule has 0 radical (unpaired) electrons. The van der Waals surface area contributed by atoms with Gasteiger partial charge in [-0.05, 0) is 49.6 Å². The maximum atomic E-state index is 13.5. The Balaban J connectivity index is 1.61. The average Bonchev–Trinajstić information content (AvgIpc) is 3.21. The summed E-state index contributed by atoms with van der Waals surface area (Å²) in [5, 5.41) is 11.1. The normalized spacial score (nSPS) is 17.5. The van der Waals surface area contributed by atoms with Crippen molar-refractivity contribution in [3.05, 3.63) is 48.0 Å². The van der Waals surface area contributed by atoms with Crippen molar-refractivity contribution in [3.63, 3.8) is 0 Å². The van der Waals surface area contributed by atoms with Crippen LogP contribution >= 0.6 is 0 Å². The van der Waals surface area contributed by atoms with E-state index in [1.54, 1.807) is 23.9 Å². The van der Waals surface area contributed by atoms with Crippen molar-refractivity contribution in [2.24, 2.45) is 0 Å². The number of nitrogens with one attached hydrogen (secondary N) is 1.